The highest BCUT2D eigenvalue weighted by atomic mass is 16.5. The average Bonchev–Trinajstić information content (AvgIpc) is 2.22. The number of carbonyl (C=O) groups excluding carboxylic acids is 2. The highest BCUT2D eigenvalue weighted by Crippen LogP contribution is 2.05. The van der Waals surface area contributed by atoms with Crippen LogP contribution in [0.4, 0.5) is 0 Å². The smallest absolute Gasteiger partial charge is 0.336 e. The second-order valence-electron chi connectivity index (χ2n) is 2.88. The number of esters is 2. The van der Waals surface area contributed by atoms with Gasteiger partial charge in [0.25, 0.3) is 0 Å². The summed E-state index contributed by atoms with van der Waals surface area (Å²) in [6.45, 7) is 7.98. The Morgan fingerprint density at radius 2 is 1.94 bits per heavy atom. The summed E-state index contributed by atoms with van der Waals surface area (Å²) in [6, 6.07) is 0. The van der Waals surface area contributed by atoms with Crippen LogP contribution in [0.15, 0.2) is 36.6 Å². The van der Waals surface area contributed by atoms with E-state index in [9.17, 15) is 14.7 Å². The van der Waals surface area contributed by atoms with Crippen LogP contribution in [0.2, 0.25) is 0 Å². The number of hydrogen-bond acceptors (Lipinski definition) is 5. The Balaban J connectivity index is 4.33. The van der Waals surface area contributed by atoms with E-state index in [0.29, 0.717) is 0 Å². The fraction of sp³-hybridized carbons (Fsp3) is 0.273. The topological polar surface area (TPSA) is 72.8 Å². The Morgan fingerprint density at radius 1 is 1.38 bits per heavy atom. The van der Waals surface area contributed by atoms with Gasteiger partial charge in [-0.05, 0) is 12.2 Å². The number of ether oxygens (including phenoxy) is 2. The molecule has 1 unspecified atom stereocenters. The molecule has 0 rings (SSSR count). The summed E-state index contributed by atoms with van der Waals surface area (Å²) < 4.78 is 8.95. The molecule has 0 amide bonds. The van der Waals surface area contributed by atoms with E-state index in [0.717, 1.165) is 0 Å². The molecule has 0 heterocycles. The number of methoxy groups -OCH3 is 1. The number of allylic oxidation sites excluding steroid dienone is 1. The van der Waals surface area contributed by atoms with Gasteiger partial charge in [-0.25, -0.2) is 4.79 Å². The summed E-state index contributed by atoms with van der Waals surface area (Å²) in [4.78, 5) is 21.5. The molecule has 5 heteroatoms. The van der Waals surface area contributed by atoms with Gasteiger partial charge in [0.2, 0.25) is 0 Å². The molecule has 0 radical (unpaired) electrons. The Hall–Kier alpha value is -1.88. The van der Waals surface area contributed by atoms with Crippen molar-refractivity contribution in [2.24, 2.45) is 0 Å². The lowest BCUT2D eigenvalue weighted by molar-refractivity contribution is -0.137. The maximum Gasteiger partial charge on any atom is 0.336 e. The van der Waals surface area contributed by atoms with Gasteiger partial charge in [0, 0.05) is 6.92 Å². The van der Waals surface area contributed by atoms with Crippen molar-refractivity contribution in [1.29, 1.82) is 0 Å². The first-order chi connectivity index (χ1) is 7.38. The molecular weight excluding hydrogens is 212 g/mol. The van der Waals surface area contributed by atoms with Crippen LogP contribution >= 0.6 is 0 Å². The van der Waals surface area contributed by atoms with Crippen LogP contribution in [0, 0.1) is 0 Å². The van der Waals surface area contributed by atoms with Gasteiger partial charge in [0.05, 0.1) is 12.7 Å². The first-order valence-corrected chi connectivity index (χ1v) is 4.39. The number of aliphatic hydroxyl groups is 1. The van der Waals surface area contributed by atoms with Crippen LogP contribution in [0.1, 0.15) is 6.92 Å². The lowest BCUT2D eigenvalue weighted by atomic mass is 10.1. The van der Waals surface area contributed by atoms with Gasteiger partial charge in [-0.3, -0.25) is 4.79 Å². The molecule has 0 bridgehead atoms. The van der Waals surface area contributed by atoms with Gasteiger partial charge in [0.15, 0.2) is 0 Å². The zero-order valence-electron chi connectivity index (χ0n) is 9.23. The van der Waals surface area contributed by atoms with Crippen LogP contribution in [-0.4, -0.2) is 30.3 Å². The molecule has 0 aliphatic rings. The fourth-order valence-electron chi connectivity index (χ4n) is 0.785. The van der Waals surface area contributed by atoms with Gasteiger partial charge in [0.1, 0.15) is 11.9 Å². The van der Waals surface area contributed by atoms with Crippen LogP contribution in [0.5, 0.6) is 0 Å². The average molecular weight is 226 g/mol. The molecule has 0 fully saturated rings. The second-order valence-corrected chi connectivity index (χ2v) is 2.88. The van der Waals surface area contributed by atoms with E-state index in [1.54, 1.807) is 0 Å². The quantitative estimate of drug-likeness (QED) is 0.323. The van der Waals surface area contributed by atoms with Crippen molar-refractivity contribution < 1.29 is 24.2 Å². The summed E-state index contributed by atoms with van der Waals surface area (Å²) in [5.74, 6) is -1.17. The Labute approximate surface area is 93.7 Å². The highest BCUT2D eigenvalue weighted by Gasteiger charge is 2.13. The summed E-state index contributed by atoms with van der Waals surface area (Å²) >= 11 is 0. The van der Waals surface area contributed by atoms with E-state index in [-0.39, 0.29) is 11.3 Å². The molecule has 0 aromatic carbocycles. The lowest BCUT2D eigenvalue weighted by Gasteiger charge is -2.07. The SMILES string of the molecule is C=C(/C=C/C(O)C(=C)C(=O)OC)OC(C)=O. The highest BCUT2D eigenvalue weighted by molar-refractivity contribution is 5.89. The normalized spacial score (nSPS) is 11.9. The van der Waals surface area contributed by atoms with Crippen LogP contribution < -0.4 is 0 Å². The van der Waals surface area contributed by atoms with E-state index in [2.05, 4.69) is 22.6 Å². The van der Waals surface area contributed by atoms with E-state index < -0.39 is 18.0 Å². The Bertz CT molecular complexity index is 340. The molecule has 5 nitrogen and oxygen atoms in total. The van der Waals surface area contributed by atoms with Gasteiger partial charge < -0.3 is 14.6 Å². The van der Waals surface area contributed by atoms with Crippen LogP contribution in [-0.2, 0) is 19.1 Å². The van der Waals surface area contributed by atoms with Gasteiger partial charge in [-0.2, -0.15) is 0 Å². The number of rotatable bonds is 5. The molecular formula is C11H14O5. The first-order valence-electron chi connectivity index (χ1n) is 4.39. The van der Waals surface area contributed by atoms with Crippen molar-refractivity contribution in [3.8, 4) is 0 Å². The predicted octanol–water partition coefficient (Wildman–Crippen LogP) is 0.709. The van der Waals surface area contributed by atoms with Crippen LogP contribution in [0.25, 0.3) is 0 Å². The zero-order valence-corrected chi connectivity index (χ0v) is 9.23. The van der Waals surface area contributed by atoms with E-state index in [1.165, 1.54) is 26.2 Å². The largest absolute Gasteiger partial charge is 0.466 e. The third-order valence-corrected chi connectivity index (χ3v) is 1.54. The van der Waals surface area contributed by atoms with Crippen LogP contribution in [0.3, 0.4) is 0 Å². The summed E-state index contributed by atoms with van der Waals surface area (Å²) in [5, 5.41) is 9.43. The van der Waals surface area contributed by atoms with Crippen molar-refractivity contribution in [3.63, 3.8) is 0 Å². The third-order valence-electron chi connectivity index (χ3n) is 1.54. The molecule has 16 heavy (non-hydrogen) atoms. The number of aliphatic hydroxyl groups excluding tert-OH is 1. The molecule has 0 aromatic heterocycles. The minimum Gasteiger partial charge on any atom is -0.466 e. The number of hydrogen-bond donors (Lipinski definition) is 1. The molecule has 0 saturated heterocycles. The van der Waals surface area contributed by atoms with E-state index in [4.69, 9.17) is 0 Å². The van der Waals surface area contributed by atoms with Crippen molar-refractivity contribution in [3.05, 3.63) is 36.6 Å². The molecule has 0 saturated carbocycles. The van der Waals surface area contributed by atoms with Crippen molar-refractivity contribution in [1.82, 2.24) is 0 Å². The first kappa shape index (κ1) is 14.1. The lowest BCUT2D eigenvalue weighted by Crippen LogP contribution is -2.16. The minimum atomic E-state index is -1.21. The van der Waals surface area contributed by atoms with Gasteiger partial charge in [-0.1, -0.05) is 13.2 Å². The molecule has 0 spiro atoms. The van der Waals surface area contributed by atoms with E-state index >= 15 is 0 Å². The molecule has 0 aliphatic carbocycles. The predicted molar refractivity (Wildman–Crippen MR) is 57.2 cm³/mol. The molecule has 1 N–H and O–H groups in total. The minimum absolute atomic E-state index is 0.0595. The van der Waals surface area contributed by atoms with E-state index in [1.807, 2.05) is 0 Å². The second kappa shape index (κ2) is 6.58. The standard InChI is InChI=1S/C11H14O5/c1-7(16-9(3)12)5-6-10(13)8(2)11(14)15-4/h5-6,10,13H,1-2H2,3-4H3/b6-5+. The summed E-state index contributed by atoms with van der Waals surface area (Å²) in [7, 11) is 1.18. The molecule has 0 aliphatic heterocycles. The van der Waals surface area contributed by atoms with Gasteiger partial charge >= 0.3 is 11.9 Å². The van der Waals surface area contributed by atoms with Crippen molar-refractivity contribution in [2.45, 2.75) is 13.0 Å². The number of carbonyl (C=O) groups is 2. The monoisotopic (exact) mass is 226 g/mol. The maximum absolute atomic E-state index is 11.0. The molecule has 88 valence electrons. The fourth-order valence-corrected chi connectivity index (χ4v) is 0.785. The summed E-state index contributed by atoms with van der Waals surface area (Å²) in [5.41, 5.74) is -0.116. The maximum atomic E-state index is 11.0. The van der Waals surface area contributed by atoms with Gasteiger partial charge in [-0.15, -0.1) is 0 Å². The Kier molecular flexibility index (Phi) is 5.80. The zero-order chi connectivity index (χ0) is 12.7. The molecule has 0 aromatic rings. The third kappa shape index (κ3) is 5.11. The molecule has 1 atom stereocenters. The summed E-state index contributed by atoms with van der Waals surface area (Å²) in [6.07, 6.45) is 1.27. The van der Waals surface area contributed by atoms with Crippen molar-refractivity contribution in [2.75, 3.05) is 7.11 Å². The van der Waals surface area contributed by atoms with Crippen molar-refractivity contribution >= 4 is 11.9 Å². The Morgan fingerprint density at radius 3 is 2.38 bits per heavy atom.